The lowest BCUT2D eigenvalue weighted by atomic mass is 10.4. The van der Waals surface area contributed by atoms with Gasteiger partial charge in [-0.3, -0.25) is 5.10 Å². The van der Waals surface area contributed by atoms with Gasteiger partial charge in [0.05, 0.1) is 21.9 Å². The van der Waals surface area contributed by atoms with Crippen LogP contribution in [0.2, 0.25) is 0 Å². The van der Waals surface area contributed by atoms with E-state index >= 15 is 0 Å². The number of hydrogen-bond acceptors (Lipinski definition) is 6. The second-order valence-electron chi connectivity index (χ2n) is 4.12. The van der Waals surface area contributed by atoms with Crippen molar-refractivity contribution in [3.63, 3.8) is 0 Å². The van der Waals surface area contributed by atoms with E-state index in [0.29, 0.717) is 5.95 Å². The fourth-order valence-corrected chi connectivity index (χ4v) is 3.25. The minimum absolute atomic E-state index is 0.596. The third kappa shape index (κ3) is 2.75. The molecule has 3 heterocycles. The first-order valence-corrected chi connectivity index (χ1v) is 7.80. The Morgan fingerprint density at radius 2 is 2.20 bits per heavy atom. The molecule has 0 radical (unpaired) electrons. The van der Waals surface area contributed by atoms with Gasteiger partial charge in [-0.2, -0.15) is 15.1 Å². The number of nitrogens with zero attached hydrogens (tertiary/aromatic N) is 3. The van der Waals surface area contributed by atoms with Crippen molar-refractivity contribution in [2.24, 2.45) is 0 Å². The third-order valence-electron chi connectivity index (χ3n) is 2.70. The maximum atomic E-state index is 4.48. The van der Waals surface area contributed by atoms with Crippen LogP contribution in [0, 0.1) is 0 Å². The zero-order chi connectivity index (χ0) is 13.9. The number of fused-ring (bicyclic) bond motifs is 1. The smallest absolute Gasteiger partial charge is 0.226 e. The normalized spacial score (nSPS) is 10.9. The number of aromatic amines is 1. The molecule has 3 aromatic rings. The van der Waals surface area contributed by atoms with Crippen molar-refractivity contribution < 1.29 is 0 Å². The van der Waals surface area contributed by atoms with Crippen molar-refractivity contribution in [3.8, 4) is 0 Å². The molecule has 6 nitrogen and oxygen atoms in total. The van der Waals surface area contributed by atoms with Crippen LogP contribution in [0.25, 0.3) is 11.0 Å². The highest BCUT2D eigenvalue weighted by atomic mass is 79.9. The van der Waals surface area contributed by atoms with Crippen LogP contribution in [0.4, 0.5) is 11.8 Å². The molecule has 8 heteroatoms. The van der Waals surface area contributed by atoms with E-state index in [9.17, 15) is 0 Å². The number of hydrogen-bond donors (Lipinski definition) is 3. The van der Waals surface area contributed by atoms with Crippen molar-refractivity contribution >= 4 is 50.1 Å². The van der Waals surface area contributed by atoms with E-state index in [4.69, 9.17) is 0 Å². The fourth-order valence-electron chi connectivity index (χ4n) is 1.82. The van der Waals surface area contributed by atoms with E-state index in [1.165, 1.54) is 4.88 Å². The van der Waals surface area contributed by atoms with Gasteiger partial charge in [0.15, 0.2) is 5.65 Å². The molecule has 0 bridgehead atoms. The summed E-state index contributed by atoms with van der Waals surface area (Å²) in [5.41, 5.74) is 0.728. The van der Waals surface area contributed by atoms with E-state index in [2.05, 4.69) is 52.8 Å². The van der Waals surface area contributed by atoms with Crippen LogP contribution in [0.1, 0.15) is 11.8 Å². The largest absolute Gasteiger partial charge is 0.364 e. The van der Waals surface area contributed by atoms with Gasteiger partial charge in [0, 0.05) is 11.4 Å². The number of H-pyrrole nitrogens is 1. The number of thiophene rings is 1. The molecule has 3 N–H and O–H groups in total. The second-order valence-corrected chi connectivity index (χ2v) is 6.67. The molecule has 0 aliphatic rings. The molecular formula is C12H13BrN6S. The second kappa shape index (κ2) is 5.76. The van der Waals surface area contributed by atoms with E-state index in [1.807, 2.05) is 13.0 Å². The number of rotatable bonds is 5. The highest BCUT2D eigenvalue weighted by molar-refractivity contribution is 9.11. The van der Waals surface area contributed by atoms with E-state index < -0.39 is 0 Å². The van der Waals surface area contributed by atoms with Gasteiger partial charge >= 0.3 is 0 Å². The molecule has 0 saturated heterocycles. The molecule has 0 amide bonds. The van der Waals surface area contributed by atoms with Gasteiger partial charge in [-0.1, -0.05) is 0 Å². The number of aromatic nitrogens is 4. The Balaban J connectivity index is 1.87. The Bertz CT molecular complexity index is 722. The Hall–Kier alpha value is -1.67. The third-order valence-corrected chi connectivity index (χ3v) is 4.33. The zero-order valence-corrected chi connectivity index (χ0v) is 13.2. The van der Waals surface area contributed by atoms with Gasteiger partial charge in [0.25, 0.3) is 0 Å². The summed E-state index contributed by atoms with van der Waals surface area (Å²) in [6, 6.07) is 4.12. The fraction of sp³-hybridized carbons (Fsp3) is 0.250. The molecule has 104 valence electrons. The van der Waals surface area contributed by atoms with Crippen LogP contribution in [0.5, 0.6) is 0 Å². The van der Waals surface area contributed by atoms with Crippen molar-refractivity contribution in [1.29, 1.82) is 0 Å². The predicted molar refractivity (Wildman–Crippen MR) is 85.2 cm³/mol. The van der Waals surface area contributed by atoms with Crippen LogP contribution < -0.4 is 10.6 Å². The first-order chi connectivity index (χ1) is 9.76. The average Bonchev–Trinajstić information content (AvgIpc) is 3.05. The summed E-state index contributed by atoms with van der Waals surface area (Å²) in [7, 11) is 0. The first-order valence-electron chi connectivity index (χ1n) is 6.19. The van der Waals surface area contributed by atoms with Gasteiger partial charge in [-0.15, -0.1) is 11.3 Å². The van der Waals surface area contributed by atoms with Gasteiger partial charge in [0.2, 0.25) is 5.95 Å². The van der Waals surface area contributed by atoms with Crippen molar-refractivity contribution in [2.75, 3.05) is 17.2 Å². The number of halogens is 1. The molecule has 0 aliphatic heterocycles. The summed E-state index contributed by atoms with van der Waals surface area (Å²) >= 11 is 5.16. The molecule has 0 spiro atoms. The van der Waals surface area contributed by atoms with Crippen LogP contribution in [0.3, 0.4) is 0 Å². The standard InChI is InChI=1S/C12H13BrN6S/c1-2-14-12-17-10(8-6-16-19-11(8)18-12)15-5-7-3-4-9(13)20-7/h3-4,6H,2,5H2,1H3,(H3,14,15,16,17,18,19). The summed E-state index contributed by atoms with van der Waals surface area (Å²) in [5.74, 6) is 1.38. The predicted octanol–water partition coefficient (Wildman–Crippen LogP) is 3.22. The highest BCUT2D eigenvalue weighted by Crippen LogP contribution is 2.24. The average molecular weight is 353 g/mol. The molecule has 0 atom stereocenters. The summed E-state index contributed by atoms with van der Waals surface area (Å²) in [6.07, 6.45) is 1.73. The topological polar surface area (TPSA) is 78.5 Å². The van der Waals surface area contributed by atoms with Gasteiger partial charge in [-0.25, -0.2) is 0 Å². The van der Waals surface area contributed by atoms with Crippen molar-refractivity contribution in [2.45, 2.75) is 13.5 Å². The van der Waals surface area contributed by atoms with E-state index in [-0.39, 0.29) is 0 Å². The Morgan fingerprint density at radius 3 is 2.95 bits per heavy atom. The molecule has 0 aromatic carbocycles. The molecule has 0 unspecified atom stereocenters. The molecule has 3 aromatic heterocycles. The lowest BCUT2D eigenvalue weighted by molar-refractivity contribution is 1.06. The number of anilines is 2. The Morgan fingerprint density at radius 1 is 1.30 bits per heavy atom. The van der Waals surface area contributed by atoms with Crippen LogP contribution in [-0.2, 0) is 6.54 Å². The van der Waals surface area contributed by atoms with Gasteiger partial charge in [0.1, 0.15) is 5.82 Å². The van der Waals surface area contributed by atoms with E-state index in [0.717, 1.165) is 33.7 Å². The molecule has 0 aliphatic carbocycles. The van der Waals surface area contributed by atoms with Crippen molar-refractivity contribution in [1.82, 2.24) is 20.2 Å². The molecule has 0 fully saturated rings. The van der Waals surface area contributed by atoms with Crippen LogP contribution >= 0.6 is 27.3 Å². The Labute approximate surface area is 128 Å². The highest BCUT2D eigenvalue weighted by Gasteiger charge is 2.09. The van der Waals surface area contributed by atoms with Gasteiger partial charge < -0.3 is 10.6 Å². The quantitative estimate of drug-likeness (QED) is 0.656. The summed E-state index contributed by atoms with van der Waals surface area (Å²) in [4.78, 5) is 10.1. The SMILES string of the molecule is CCNc1nc(NCc2ccc(Br)s2)c2cn[nH]c2n1. The van der Waals surface area contributed by atoms with E-state index in [1.54, 1.807) is 17.5 Å². The summed E-state index contributed by atoms with van der Waals surface area (Å²) in [5, 5.41) is 14.2. The maximum Gasteiger partial charge on any atom is 0.226 e. The molecule has 0 saturated carbocycles. The minimum Gasteiger partial charge on any atom is -0.364 e. The molecular weight excluding hydrogens is 340 g/mol. The monoisotopic (exact) mass is 352 g/mol. The summed E-state index contributed by atoms with van der Waals surface area (Å²) in [6.45, 7) is 3.51. The lowest BCUT2D eigenvalue weighted by Crippen LogP contribution is -2.06. The Kier molecular flexibility index (Phi) is 3.83. The van der Waals surface area contributed by atoms with Crippen LogP contribution in [0.15, 0.2) is 22.1 Å². The number of nitrogens with one attached hydrogen (secondary N) is 3. The molecule has 20 heavy (non-hydrogen) atoms. The van der Waals surface area contributed by atoms with Crippen molar-refractivity contribution in [3.05, 3.63) is 27.0 Å². The minimum atomic E-state index is 0.596. The van der Waals surface area contributed by atoms with Gasteiger partial charge in [-0.05, 0) is 35.0 Å². The molecule has 3 rings (SSSR count). The first kappa shape index (κ1) is 13.3. The van der Waals surface area contributed by atoms with Crippen LogP contribution in [-0.4, -0.2) is 26.7 Å². The maximum absolute atomic E-state index is 4.48. The zero-order valence-electron chi connectivity index (χ0n) is 10.8. The summed E-state index contributed by atoms with van der Waals surface area (Å²) < 4.78 is 1.12. The lowest BCUT2D eigenvalue weighted by Gasteiger charge is -2.08.